The number of esters is 1. The zero-order valence-electron chi connectivity index (χ0n) is 10.7. The SMILES string of the molecule is COC(=O)C1CCCN(c2ccccc2[N+](=O)[O-])C1. The van der Waals surface area contributed by atoms with E-state index in [0.29, 0.717) is 12.2 Å². The van der Waals surface area contributed by atoms with Crippen molar-refractivity contribution in [2.75, 3.05) is 25.1 Å². The summed E-state index contributed by atoms with van der Waals surface area (Å²) in [5.41, 5.74) is 0.647. The number of anilines is 1. The Morgan fingerprint density at radius 2 is 2.21 bits per heavy atom. The number of piperidine rings is 1. The van der Waals surface area contributed by atoms with Crippen LogP contribution in [-0.2, 0) is 9.53 Å². The number of benzene rings is 1. The fourth-order valence-corrected chi connectivity index (χ4v) is 2.44. The molecule has 1 unspecified atom stereocenters. The molecule has 6 heteroatoms. The number of carbonyl (C=O) groups excluding carboxylic acids is 1. The first-order valence-corrected chi connectivity index (χ1v) is 6.19. The van der Waals surface area contributed by atoms with Crippen LogP contribution in [0.15, 0.2) is 24.3 Å². The summed E-state index contributed by atoms with van der Waals surface area (Å²) < 4.78 is 4.75. The Morgan fingerprint density at radius 3 is 2.89 bits per heavy atom. The van der Waals surface area contributed by atoms with Crippen LogP contribution in [0.2, 0.25) is 0 Å². The van der Waals surface area contributed by atoms with Crippen LogP contribution < -0.4 is 4.90 Å². The van der Waals surface area contributed by atoms with Crippen LogP contribution in [0.5, 0.6) is 0 Å². The van der Waals surface area contributed by atoms with E-state index in [-0.39, 0.29) is 17.6 Å². The summed E-state index contributed by atoms with van der Waals surface area (Å²) >= 11 is 0. The molecular formula is C13H16N2O4. The van der Waals surface area contributed by atoms with Gasteiger partial charge in [0.1, 0.15) is 5.69 Å². The molecule has 19 heavy (non-hydrogen) atoms. The minimum Gasteiger partial charge on any atom is -0.469 e. The number of para-hydroxylation sites is 2. The Balaban J connectivity index is 2.22. The van der Waals surface area contributed by atoms with Crippen LogP contribution in [0.4, 0.5) is 11.4 Å². The van der Waals surface area contributed by atoms with Gasteiger partial charge in [0.05, 0.1) is 18.0 Å². The molecule has 0 aromatic heterocycles. The quantitative estimate of drug-likeness (QED) is 0.474. The molecule has 1 aliphatic rings. The third-order valence-electron chi connectivity index (χ3n) is 3.38. The summed E-state index contributed by atoms with van der Waals surface area (Å²) in [6.45, 7) is 1.19. The number of ether oxygens (including phenoxy) is 1. The summed E-state index contributed by atoms with van der Waals surface area (Å²) in [7, 11) is 1.37. The fourth-order valence-electron chi connectivity index (χ4n) is 2.44. The van der Waals surface area contributed by atoms with E-state index in [1.165, 1.54) is 13.2 Å². The van der Waals surface area contributed by atoms with Gasteiger partial charge in [0.15, 0.2) is 0 Å². The van der Waals surface area contributed by atoms with Gasteiger partial charge < -0.3 is 9.64 Å². The highest BCUT2D eigenvalue weighted by molar-refractivity contribution is 5.74. The summed E-state index contributed by atoms with van der Waals surface area (Å²) in [5.74, 6) is -0.457. The highest BCUT2D eigenvalue weighted by Crippen LogP contribution is 2.31. The second-order valence-electron chi connectivity index (χ2n) is 4.55. The Hall–Kier alpha value is -2.11. The van der Waals surface area contributed by atoms with Gasteiger partial charge in [-0.3, -0.25) is 14.9 Å². The van der Waals surface area contributed by atoms with Crippen molar-refractivity contribution in [3.8, 4) is 0 Å². The molecule has 1 atom stereocenters. The molecule has 1 aromatic carbocycles. The molecule has 1 saturated heterocycles. The van der Waals surface area contributed by atoms with Gasteiger partial charge in [-0.15, -0.1) is 0 Å². The van der Waals surface area contributed by atoms with E-state index < -0.39 is 4.92 Å². The first kappa shape index (κ1) is 13.3. The summed E-state index contributed by atoms with van der Waals surface area (Å²) in [6, 6.07) is 6.61. The largest absolute Gasteiger partial charge is 0.469 e. The summed E-state index contributed by atoms with van der Waals surface area (Å²) in [4.78, 5) is 24.1. The average molecular weight is 264 g/mol. The van der Waals surface area contributed by atoms with Gasteiger partial charge in [-0.05, 0) is 18.9 Å². The Bertz CT molecular complexity index is 489. The lowest BCUT2D eigenvalue weighted by molar-refractivity contribution is -0.384. The van der Waals surface area contributed by atoms with Crippen molar-refractivity contribution in [1.82, 2.24) is 0 Å². The predicted molar refractivity (Wildman–Crippen MR) is 70.0 cm³/mol. The number of carbonyl (C=O) groups is 1. The second-order valence-corrected chi connectivity index (χ2v) is 4.55. The fraction of sp³-hybridized carbons (Fsp3) is 0.462. The molecule has 0 amide bonds. The number of hydrogen-bond acceptors (Lipinski definition) is 5. The third-order valence-corrected chi connectivity index (χ3v) is 3.38. The average Bonchev–Trinajstić information content (AvgIpc) is 2.46. The van der Waals surface area contributed by atoms with E-state index in [1.807, 2.05) is 4.90 Å². The molecule has 1 fully saturated rings. The van der Waals surface area contributed by atoms with E-state index in [2.05, 4.69) is 0 Å². The Kier molecular flexibility index (Phi) is 3.99. The standard InChI is InChI=1S/C13H16N2O4/c1-19-13(16)10-5-4-8-14(9-10)11-6-2-3-7-12(11)15(17)18/h2-3,6-7,10H,4-5,8-9H2,1H3. The van der Waals surface area contributed by atoms with E-state index >= 15 is 0 Å². The van der Waals surface area contributed by atoms with Crippen LogP contribution in [-0.4, -0.2) is 31.1 Å². The summed E-state index contributed by atoms with van der Waals surface area (Å²) in [6.07, 6.45) is 1.59. The smallest absolute Gasteiger partial charge is 0.310 e. The van der Waals surface area contributed by atoms with Crippen LogP contribution >= 0.6 is 0 Å². The van der Waals surface area contributed by atoms with Gasteiger partial charge >= 0.3 is 5.97 Å². The molecule has 0 aliphatic carbocycles. The van der Waals surface area contributed by atoms with Crippen molar-refractivity contribution >= 4 is 17.3 Å². The topological polar surface area (TPSA) is 72.7 Å². The van der Waals surface area contributed by atoms with Crippen LogP contribution in [0.25, 0.3) is 0 Å². The van der Waals surface area contributed by atoms with Crippen LogP contribution in [0, 0.1) is 16.0 Å². The Labute approximate surface area is 111 Å². The molecule has 0 bridgehead atoms. The molecule has 0 saturated carbocycles. The van der Waals surface area contributed by atoms with Gasteiger partial charge in [-0.25, -0.2) is 0 Å². The number of nitrogens with zero attached hydrogens (tertiary/aromatic N) is 2. The zero-order valence-corrected chi connectivity index (χ0v) is 10.7. The minimum atomic E-state index is -0.392. The van der Waals surface area contributed by atoms with Crippen LogP contribution in [0.3, 0.4) is 0 Å². The normalized spacial score (nSPS) is 19.0. The number of methoxy groups -OCH3 is 1. The molecule has 1 aliphatic heterocycles. The molecule has 1 heterocycles. The number of hydrogen-bond donors (Lipinski definition) is 0. The number of nitro benzene ring substituents is 1. The van der Waals surface area contributed by atoms with E-state index in [4.69, 9.17) is 4.74 Å². The van der Waals surface area contributed by atoms with E-state index in [9.17, 15) is 14.9 Å². The molecule has 0 spiro atoms. The van der Waals surface area contributed by atoms with Crippen molar-refractivity contribution in [2.45, 2.75) is 12.8 Å². The van der Waals surface area contributed by atoms with Crippen molar-refractivity contribution in [3.05, 3.63) is 34.4 Å². The Morgan fingerprint density at radius 1 is 1.47 bits per heavy atom. The molecule has 102 valence electrons. The lowest BCUT2D eigenvalue weighted by atomic mass is 9.97. The molecule has 1 aromatic rings. The van der Waals surface area contributed by atoms with Gasteiger partial charge in [0.25, 0.3) is 5.69 Å². The van der Waals surface area contributed by atoms with Gasteiger partial charge in [-0.2, -0.15) is 0 Å². The molecule has 0 N–H and O–H groups in total. The van der Waals surface area contributed by atoms with Crippen molar-refractivity contribution in [2.24, 2.45) is 5.92 Å². The minimum absolute atomic E-state index is 0.0769. The highest BCUT2D eigenvalue weighted by atomic mass is 16.6. The van der Waals surface area contributed by atoms with Gasteiger partial charge in [0.2, 0.25) is 0 Å². The first-order chi connectivity index (χ1) is 9.13. The molecule has 2 rings (SSSR count). The molecule has 0 radical (unpaired) electrons. The van der Waals surface area contributed by atoms with Crippen molar-refractivity contribution < 1.29 is 14.5 Å². The second kappa shape index (κ2) is 5.69. The first-order valence-electron chi connectivity index (χ1n) is 6.19. The maximum Gasteiger partial charge on any atom is 0.310 e. The summed E-state index contributed by atoms with van der Waals surface area (Å²) in [5, 5.41) is 11.0. The van der Waals surface area contributed by atoms with E-state index in [1.54, 1.807) is 18.2 Å². The molecular weight excluding hydrogens is 248 g/mol. The number of nitro groups is 1. The van der Waals surface area contributed by atoms with E-state index in [0.717, 1.165) is 19.4 Å². The lowest BCUT2D eigenvalue weighted by Crippen LogP contribution is -2.39. The predicted octanol–water partition coefficient (Wildman–Crippen LogP) is 1.98. The maximum absolute atomic E-state index is 11.6. The molecule has 6 nitrogen and oxygen atoms in total. The maximum atomic E-state index is 11.6. The highest BCUT2D eigenvalue weighted by Gasteiger charge is 2.29. The van der Waals surface area contributed by atoms with Gasteiger partial charge in [0, 0.05) is 19.2 Å². The van der Waals surface area contributed by atoms with Crippen molar-refractivity contribution in [1.29, 1.82) is 0 Å². The third kappa shape index (κ3) is 2.83. The van der Waals surface area contributed by atoms with Gasteiger partial charge in [-0.1, -0.05) is 12.1 Å². The lowest BCUT2D eigenvalue weighted by Gasteiger charge is -2.32. The monoisotopic (exact) mass is 264 g/mol. The van der Waals surface area contributed by atoms with Crippen molar-refractivity contribution in [3.63, 3.8) is 0 Å². The zero-order chi connectivity index (χ0) is 13.8. The van der Waals surface area contributed by atoms with Crippen LogP contribution in [0.1, 0.15) is 12.8 Å². The number of rotatable bonds is 3.